The van der Waals surface area contributed by atoms with Crippen molar-refractivity contribution in [3.05, 3.63) is 78.9 Å². The summed E-state index contributed by atoms with van der Waals surface area (Å²) in [6.07, 6.45) is 0.362. The number of H-pyrrole nitrogens is 1. The van der Waals surface area contributed by atoms with E-state index >= 15 is 0 Å². The molecule has 4 aromatic rings. The number of ether oxygens (including phenoxy) is 2. The molecule has 0 aliphatic carbocycles. The van der Waals surface area contributed by atoms with E-state index in [1.165, 1.54) is 11.8 Å². The number of amides is 1. The topological polar surface area (TPSA) is 76.2 Å². The van der Waals surface area contributed by atoms with Crippen LogP contribution in [0, 0.1) is 0 Å². The zero-order valence-corrected chi connectivity index (χ0v) is 18.0. The van der Waals surface area contributed by atoms with Crippen LogP contribution in [0.15, 0.2) is 84.0 Å². The zero-order chi connectivity index (χ0) is 21.8. The van der Waals surface area contributed by atoms with Crippen molar-refractivity contribution in [1.29, 1.82) is 0 Å². The predicted molar refractivity (Wildman–Crippen MR) is 126 cm³/mol. The van der Waals surface area contributed by atoms with E-state index in [9.17, 15) is 4.79 Å². The van der Waals surface area contributed by atoms with Crippen LogP contribution < -0.4 is 14.8 Å². The van der Waals surface area contributed by atoms with Gasteiger partial charge in [-0.3, -0.25) is 4.79 Å². The molecule has 0 bridgehead atoms. The smallest absolute Gasteiger partial charge is 0.231 e. The summed E-state index contributed by atoms with van der Waals surface area (Å²) >= 11 is 1.53. The van der Waals surface area contributed by atoms with E-state index in [0.717, 1.165) is 27.7 Å². The molecular formula is C25H21N3O3S. The maximum absolute atomic E-state index is 12.4. The average Bonchev–Trinajstić information content (AvgIpc) is 3.47. The first kappa shape index (κ1) is 20.2. The minimum Gasteiger partial charge on any atom is -0.454 e. The maximum Gasteiger partial charge on any atom is 0.231 e. The van der Waals surface area contributed by atoms with Crippen LogP contribution in [0.4, 0.5) is 5.69 Å². The van der Waals surface area contributed by atoms with Crippen LogP contribution in [0.5, 0.6) is 11.5 Å². The van der Waals surface area contributed by atoms with Crippen LogP contribution in [-0.4, -0.2) is 28.4 Å². The fourth-order valence-corrected chi connectivity index (χ4v) is 4.29. The van der Waals surface area contributed by atoms with Crippen molar-refractivity contribution < 1.29 is 14.3 Å². The van der Waals surface area contributed by atoms with Crippen LogP contribution in [0.25, 0.3) is 22.5 Å². The molecule has 0 fully saturated rings. The lowest BCUT2D eigenvalue weighted by Crippen LogP contribution is -2.12. The number of aromatic amines is 1. The number of carbonyl (C=O) groups is 1. The lowest BCUT2D eigenvalue weighted by molar-refractivity contribution is -0.115. The van der Waals surface area contributed by atoms with Gasteiger partial charge in [0.05, 0.1) is 11.4 Å². The third-order valence-electron chi connectivity index (χ3n) is 5.02. The van der Waals surface area contributed by atoms with E-state index in [1.807, 2.05) is 42.5 Å². The fraction of sp³-hybridized carbons (Fsp3) is 0.120. The number of carbonyl (C=O) groups excluding carboxylic acids is 1. The quantitative estimate of drug-likeness (QED) is 0.364. The fourth-order valence-electron chi connectivity index (χ4n) is 3.48. The van der Waals surface area contributed by atoms with Crippen LogP contribution in [0.3, 0.4) is 0 Å². The molecule has 0 spiro atoms. The highest BCUT2D eigenvalue weighted by molar-refractivity contribution is 7.99. The second-order valence-corrected chi connectivity index (χ2v) is 8.30. The molecule has 2 heterocycles. The van der Waals surface area contributed by atoms with Gasteiger partial charge >= 0.3 is 0 Å². The standard InChI is InChI=1S/C25H21N3O3S/c29-22(26-19-11-12-20-21(15-19)31-16-30-20)13-14-32-25-27-23(17-7-3-1-4-8-17)24(28-25)18-9-5-2-6-10-18/h1-12,15H,13-14,16H2,(H,26,29)(H,27,28). The van der Waals surface area contributed by atoms with E-state index in [4.69, 9.17) is 14.5 Å². The third-order valence-corrected chi connectivity index (χ3v) is 5.89. The zero-order valence-electron chi connectivity index (χ0n) is 17.2. The Morgan fingerprint density at radius 3 is 2.44 bits per heavy atom. The van der Waals surface area contributed by atoms with Gasteiger partial charge in [-0.2, -0.15) is 0 Å². The van der Waals surface area contributed by atoms with Crippen molar-refractivity contribution in [2.75, 3.05) is 17.9 Å². The number of anilines is 1. The lowest BCUT2D eigenvalue weighted by Gasteiger charge is -2.05. The Bertz CT molecular complexity index is 1170. The number of nitrogens with one attached hydrogen (secondary N) is 2. The van der Waals surface area contributed by atoms with E-state index in [-0.39, 0.29) is 12.7 Å². The van der Waals surface area contributed by atoms with Crippen molar-refractivity contribution in [2.24, 2.45) is 0 Å². The highest BCUT2D eigenvalue weighted by Crippen LogP contribution is 2.35. The molecule has 7 heteroatoms. The molecule has 0 atom stereocenters. The number of aromatic nitrogens is 2. The number of rotatable bonds is 7. The maximum atomic E-state index is 12.4. The molecule has 0 saturated carbocycles. The van der Waals surface area contributed by atoms with Crippen LogP contribution in [0.2, 0.25) is 0 Å². The number of hydrogen-bond donors (Lipinski definition) is 2. The molecule has 0 saturated heterocycles. The average molecular weight is 444 g/mol. The van der Waals surface area contributed by atoms with Crippen molar-refractivity contribution in [3.63, 3.8) is 0 Å². The minimum atomic E-state index is -0.0607. The molecule has 5 rings (SSSR count). The molecule has 3 aromatic carbocycles. The second kappa shape index (κ2) is 9.20. The summed E-state index contributed by atoms with van der Waals surface area (Å²) in [6, 6.07) is 25.6. The number of thioether (sulfide) groups is 1. The molecule has 1 aliphatic rings. The van der Waals surface area contributed by atoms with Crippen LogP contribution in [0.1, 0.15) is 6.42 Å². The van der Waals surface area contributed by atoms with Gasteiger partial charge in [0, 0.05) is 35.1 Å². The Morgan fingerprint density at radius 1 is 0.938 bits per heavy atom. The molecule has 1 aromatic heterocycles. The molecule has 32 heavy (non-hydrogen) atoms. The summed E-state index contributed by atoms with van der Waals surface area (Å²) in [5, 5.41) is 3.70. The molecule has 0 radical (unpaired) electrons. The van der Waals surface area contributed by atoms with Crippen molar-refractivity contribution in [2.45, 2.75) is 11.6 Å². The molecule has 160 valence electrons. The van der Waals surface area contributed by atoms with Gasteiger partial charge in [0.25, 0.3) is 0 Å². The SMILES string of the molecule is O=C(CCSc1nc(-c2ccccc2)c(-c2ccccc2)[nH]1)Nc1ccc2c(c1)OCO2. The van der Waals surface area contributed by atoms with Crippen molar-refractivity contribution in [1.82, 2.24) is 9.97 Å². The van der Waals surface area contributed by atoms with Crippen LogP contribution >= 0.6 is 11.8 Å². The first-order chi connectivity index (χ1) is 15.8. The summed E-state index contributed by atoms with van der Waals surface area (Å²) in [5.74, 6) is 1.88. The second-order valence-electron chi connectivity index (χ2n) is 7.21. The Kier molecular flexibility index (Phi) is 5.81. The van der Waals surface area contributed by atoms with Crippen molar-refractivity contribution in [3.8, 4) is 34.0 Å². The molecule has 2 N–H and O–H groups in total. The Labute approximate surface area is 190 Å². The van der Waals surface area contributed by atoms with Gasteiger partial charge in [-0.1, -0.05) is 72.4 Å². The van der Waals surface area contributed by atoms with Crippen LogP contribution in [-0.2, 0) is 4.79 Å². The van der Waals surface area contributed by atoms with E-state index in [1.54, 1.807) is 12.1 Å². The highest BCUT2D eigenvalue weighted by Gasteiger charge is 2.16. The summed E-state index contributed by atoms with van der Waals surface area (Å²) in [5.41, 5.74) is 4.70. The normalized spacial score (nSPS) is 12.0. The summed E-state index contributed by atoms with van der Waals surface area (Å²) in [7, 11) is 0. The van der Waals surface area contributed by atoms with Gasteiger partial charge in [-0.25, -0.2) is 4.98 Å². The van der Waals surface area contributed by atoms with E-state index in [2.05, 4.69) is 34.6 Å². The van der Waals surface area contributed by atoms with Gasteiger partial charge in [0.2, 0.25) is 12.7 Å². The van der Waals surface area contributed by atoms with Gasteiger partial charge in [0.15, 0.2) is 16.7 Å². The summed E-state index contributed by atoms with van der Waals surface area (Å²) in [6.45, 7) is 0.211. The van der Waals surface area contributed by atoms with E-state index < -0.39 is 0 Å². The van der Waals surface area contributed by atoms with Gasteiger partial charge < -0.3 is 19.8 Å². The number of nitrogens with zero attached hydrogens (tertiary/aromatic N) is 1. The first-order valence-corrected chi connectivity index (χ1v) is 11.3. The lowest BCUT2D eigenvalue weighted by atomic mass is 10.1. The monoisotopic (exact) mass is 443 g/mol. The highest BCUT2D eigenvalue weighted by atomic mass is 32.2. The molecular weight excluding hydrogens is 422 g/mol. The molecule has 0 unspecified atom stereocenters. The Balaban J connectivity index is 1.25. The number of benzene rings is 3. The van der Waals surface area contributed by atoms with Gasteiger partial charge in [-0.15, -0.1) is 0 Å². The van der Waals surface area contributed by atoms with E-state index in [0.29, 0.717) is 29.4 Å². The molecule has 6 nitrogen and oxygen atoms in total. The van der Waals surface area contributed by atoms with Gasteiger partial charge in [0.1, 0.15) is 0 Å². The van der Waals surface area contributed by atoms with Gasteiger partial charge in [-0.05, 0) is 12.1 Å². The number of imidazole rings is 1. The minimum absolute atomic E-state index is 0.0607. The Hall–Kier alpha value is -3.71. The third kappa shape index (κ3) is 4.48. The predicted octanol–water partition coefficient (Wildman–Crippen LogP) is 5.59. The molecule has 1 aliphatic heterocycles. The van der Waals surface area contributed by atoms with Crippen molar-refractivity contribution >= 4 is 23.4 Å². The number of fused-ring (bicyclic) bond motifs is 1. The number of hydrogen-bond acceptors (Lipinski definition) is 5. The Morgan fingerprint density at radius 2 is 1.66 bits per heavy atom. The largest absolute Gasteiger partial charge is 0.454 e. The molecule has 1 amide bonds. The first-order valence-electron chi connectivity index (χ1n) is 10.3. The summed E-state index contributed by atoms with van der Waals surface area (Å²) < 4.78 is 10.7. The summed E-state index contributed by atoms with van der Waals surface area (Å²) in [4.78, 5) is 20.7.